The lowest BCUT2D eigenvalue weighted by molar-refractivity contribution is -0.118. The highest BCUT2D eigenvalue weighted by molar-refractivity contribution is 9.10. The molecule has 0 aromatic heterocycles. The van der Waals surface area contributed by atoms with Crippen LogP contribution in [0, 0.1) is 5.82 Å². The Kier molecular flexibility index (Phi) is 9.65. The van der Waals surface area contributed by atoms with Crippen molar-refractivity contribution in [3.8, 4) is 0 Å². The first-order valence-corrected chi connectivity index (χ1v) is 8.56. The van der Waals surface area contributed by atoms with Gasteiger partial charge in [-0.1, -0.05) is 22.0 Å². The van der Waals surface area contributed by atoms with Gasteiger partial charge in [-0.15, -0.1) is 11.8 Å². The zero-order valence-corrected chi connectivity index (χ0v) is 14.4. The summed E-state index contributed by atoms with van der Waals surface area (Å²) in [5.41, 5.74) is 0.609. The molecule has 1 rings (SSSR count). The second kappa shape index (κ2) is 11.0. The number of carbonyl (C=O) groups excluding carboxylic acids is 1. The number of rotatable bonds is 10. The monoisotopic (exact) mass is 378 g/mol. The summed E-state index contributed by atoms with van der Waals surface area (Å²) in [6.45, 7) is 2.71. The van der Waals surface area contributed by atoms with Gasteiger partial charge < -0.3 is 15.4 Å². The van der Waals surface area contributed by atoms with E-state index in [1.807, 2.05) is 0 Å². The lowest BCUT2D eigenvalue weighted by Gasteiger charge is -2.07. The lowest BCUT2D eigenvalue weighted by Crippen LogP contribution is -2.33. The van der Waals surface area contributed by atoms with Crippen LogP contribution in [-0.4, -0.2) is 45.0 Å². The minimum atomic E-state index is -0.250. The molecule has 0 fully saturated rings. The number of thioether (sulfide) groups is 1. The number of halogens is 2. The normalized spacial score (nSPS) is 10.6. The van der Waals surface area contributed by atoms with Crippen LogP contribution in [0.15, 0.2) is 22.7 Å². The van der Waals surface area contributed by atoms with Crippen molar-refractivity contribution < 1.29 is 13.9 Å². The molecule has 7 heteroatoms. The van der Waals surface area contributed by atoms with Crippen molar-refractivity contribution in [2.75, 3.05) is 39.1 Å². The molecule has 0 unspecified atom stereocenters. The molecule has 0 aliphatic carbocycles. The number of benzene rings is 1. The molecule has 0 spiro atoms. The van der Waals surface area contributed by atoms with Crippen LogP contribution in [0.3, 0.4) is 0 Å². The molecule has 118 valence electrons. The van der Waals surface area contributed by atoms with Crippen LogP contribution >= 0.6 is 27.7 Å². The summed E-state index contributed by atoms with van der Waals surface area (Å²) in [5, 5.41) is 5.94. The molecule has 0 aliphatic heterocycles. The maximum Gasteiger partial charge on any atom is 0.230 e. The Morgan fingerprint density at radius 2 is 2.19 bits per heavy atom. The van der Waals surface area contributed by atoms with E-state index in [9.17, 15) is 9.18 Å². The van der Waals surface area contributed by atoms with Crippen molar-refractivity contribution >= 4 is 33.6 Å². The molecule has 0 radical (unpaired) electrons. The van der Waals surface area contributed by atoms with Crippen molar-refractivity contribution in [1.29, 1.82) is 0 Å². The minimum absolute atomic E-state index is 0.0361. The number of hydrogen-bond donors (Lipinski definition) is 2. The topological polar surface area (TPSA) is 50.4 Å². The van der Waals surface area contributed by atoms with Crippen molar-refractivity contribution in [1.82, 2.24) is 10.6 Å². The van der Waals surface area contributed by atoms with E-state index in [2.05, 4.69) is 26.6 Å². The van der Waals surface area contributed by atoms with Crippen LogP contribution in [0.1, 0.15) is 5.56 Å². The molecule has 0 saturated carbocycles. The van der Waals surface area contributed by atoms with E-state index in [-0.39, 0.29) is 11.7 Å². The summed E-state index contributed by atoms with van der Waals surface area (Å²) in [7, 11) is 1.65. The second-order valence-corrected chi connectivity index (χ2v) is 6.22. The first-order chi connectivity index (χ1) is 10.1. The molecular weight excluding hydrogens is 359 g/mol. The Hall–Kier alpha value is -0.630. The van der Waals surface area contributed by atoms with Crippen molar-refractivity contribution in [2.45, 2.75) is 5.75 Å². The van der Waals surface area contributed by atoms with Crippen LogP contribution in [0.25, 0.3) is 0 Å². The molecule has 0 aliphatic rings. The van der Waals surface area contributed by atoms with E-state index in [1.54, 1.807) is 19.2 Å². The summed E-state index contributed by atoms with van der Waals surface area (Å²) in [4.78, 5) is 11.6. The van der Waals surface area contributed by atoms with Gasteiger partial charge in [-0.3, -0.25) is 4.79 Å². The van der Waals surface area contributed by atoms with Crippen molar-refractivity contribution in [3.63, 3.8) is 0 Å². The fraction of sp³-hybridized carbons (Fsp3) is 0.500. The molecule has 0 saturated heterocycles. The highest BCUT2D eigenvalue weighted by Crippen LogP contribution is 2.19. The van der Waals surface area contributed by atoms with Crippen LogP contribution in [0.5, 0.6) is 0 Å². The molecule has 2 N–H and O–H groups in total. The lowest BCUT2D eigenvalue weighted by atomic mass is 10.2. The molecule has 1 amide bonds. The van der Waals surface area contributed by atoms with Gasteiger partial charge in [0.25, 0.3) is 0 Å². The van der Waals surface area contributed by atoms with Gasteiger partial charge in [-0.25, -0.2) is 4.39 Å². The van der Waals surface area contributed by atoms with Crippen molar-refractivity contribution in [2.24, 2.45) is 0 Å². The third-order valence-electron chi connectivity index (χ3n) is 2.61. The Morgan fingerprint density at radius 3 is 2.90 bits per heavy atom. The van der Waals surface area contributed by atoms with Gasteiger partial charge in [0.2, 0.25) is 5.91 Å². The maximum atomic E-state index is 13.6. The number of nitrogens with one attached hydrogen (secondary N) is 2. The average Bonchev–Trinajstić information content (AvgIpc) is 2.45. The van der Waals surface area contributed by atoms with Crippen LogP contribution in [-0.2, 0) is 15.3 Å². The third kappa shape index (κ3) is 8.40. The molecule has 0 heterocycles. The Bertz CT molecular complexity index is 449. The quantitative estimate of drug-likeness (QED) is 0.612. The Labute approximate surface area is 137 Å². The van der Waals surface area contributed by atoms with Crippen LogP contribution in [0.2, 0.25) is 0 Å². The van der Waals surface area contributed by atoms with E-state index < -0.39 is 0 Å². The van der Waals surface area contributed by atoms with E-state index in [4.69, 9.17) is 4.74 Å². The molecule has 0 bridgehead atoms. The van der Waals surface area contributed by atoms with Gasteiger partial charge in [0.05, 0.1) is 12.4 Å². The molecule has 1 aromatic carbocycles. The standard InChI is InChI=1S/C14H20BrFN2O2S/c1-20-7-6-17-4-5-18-14(19)10-21-9-11-2-3-12(15)8-13(11)16/h2-3,8,17H,4-7,9-10H2,1H3,(H,18,19). The second-order valence-electron chi connectivity index (χ2n) is 4.32. The van der Waals surface area contributed by atoms with Crippen LogP contribution < -0.4 is 10.6 Å². The summed E-state index contributed by atoms with van der Waals surface area (Å²) >= 11 is 4.61. The first-order valence-electron chi connectivity index (χ1n) is 6.61. The van der Waals surface area contributed by atoms with Gasteiger partial charge in [-0.2, -0.15) is 0 Å². The maximum absolute atomic E-state index is 13.6. The van der Waals surface area contributed by atoms with E-state index in [1.165, 1.54) is 17.8 Å². The predicted molar refractivity (Wildman–Crippen MR) is 88.0 cm³/mol. The van der Waals surface area contributed by atoms with Gasteiger partial charge in [0.1, 0.15) is 5.82 Å². The third-order valence-corrected chi connectivity index (χ3v) is 4.09. The van der Waals surface area contributed by atoms with Gasteiger partial charge in [0.15, 0.2) is 0 Å². The molecule has 1 aromatic rings. The smallest absolute Gasteiger partial charge is 0.230 e. The summed E-state index contributed by atoms with van der Waals surface area (Å²) in [5.74, 6) is 0.525. The van der Waals surface area contributed by atoms with Crippen LogP contribution in [0.4, 0.5) is 4.39 Å². The molecule has 21 heavy (non-hydrogen) atoms. The average molecular weight is 379 g/mol. The molecule has 4 nitrogen and oxygen atoms in total. The van der Waals surface area contributed by atoms with Gasteiger partial charge >= 0.3 is 0 Å². The zero-order valence-electron chi connectivity index (χ0n) is 12.0. The van der Waals surface area contributed by atoms with E-state index in [0.29, 0.717) is 41.2 Å². The Balaban J connectivity index is 2.10. The number of carbonyl (C=O) groups is 1. The van der Waals surface area contributed by atoms with Crippen molar-refractivity contribution in [3.05, 3.63) is 34.1 Å². The SMILES string of the molecule is COCCNCCNC(=O)CSCc1ccc(Br)cc1F. The first kappa shape index (κ1) is 18.4. The number of amides is 1. The fourth-order valence-electron chi connectivity index (χ4n) is 1.53. The minimum Gasteiger partial charge on any atom is -0.383 e. The highest BCUT2D eigenvalue weighted by Gasteiger charge is 2.05. The summed E-state index contributed by atoms with van der Waals surface area (Å²) in [6.07, 6.45) is 0. The van der Waals surface area contributed by atoms with Gasteiger partial charge in [-0.05, 0) is 17.7 Å². The number of methoxy groups -OCH3 is 1. The van der Waals surface area contributed by atoms with E-state index >= 15 is 0 Å². The largest absolute Gasteiger partial charge is 0.383 e. The molecule has 0 atom stereocenters. The number of hydrogen-bond acceptors (Lipinski definition) is 4. The highest BCUT2D eigenvalue weighted by atomic mass is 79.9. The zero-order chi connectivity index (χ0) is 15.5. The summed E-state index contributed by atoms with van der Waals surface area (Å²) < 4.78 is 19.2. The summed E-state index contributed by atoms with van der Waals surface area (Å²) in [6, 6.07) is 4.95. The van der Waals surface area contributed by atoms with Gasteiger partial charge in [0, 0.05) is 37.0 Å². The fourth-order valence-corrected chi connectivity index (χ4v) is 2.71. The van der Waals surface area contributed by atoms with E-state index in [0.717, 1.165) is 6.54 Å². The Morgan fingerprint density at radius 1 is 1.38 bits per heavy atom. The predicted octanol–water partition coefficient (Wildman–Crippen LogP) is 2.17. The number of ether oxygens (including phenoxy) is 1. The molecular formula is C14H20BrFN2O2S.